The average molecular weight is 368 g/mol. The molecule has 0 N–H and O–H groups in total. The maximum atomic E-state index is 5.68. The van der Waals surface area contributed by atoms with Crippen molar-refractivity contribution in [3.63, 3.8) is 0 Å². The van der Waals surface area contributed by atoms with Crippen molar-refractivity contribution in [2.75, 3.05) is 14.2 Å². The lowest BCUT2D eigenvalue weighted by Crippen LogP contribution is -2.37. The van der Waals surface area contributed by atoms with Crippen molar-refractivity contribution in [3.05, 3.63) is 94.2 Å². The van der Waals surface area contributed by atoms with Crippen molar-refractivity contribution in [3.8, 4) is 0 Å². The molecule has 1 heterocycles. The van der Waals surface area contributed by atoms with Gasteiger partial charge in [0.05, 0.1) is 6.04 Å². The van der Waals surface area contributed by atoms with Crippen LogP contribution in [-0.2, 0) is 22.6 Å². The van der Waals surface area contributed by atoms with E-state index in [-0.39, 0.29) is 12.3 Å². The molecule has 3 nitrogen and oxygen atoms in total. The second kappa shape index (κ2) is 9.64. The third-order valence-corrected chi connectivity index (χ3v) is 5.16. The fraction of sp³-hybridized carbons (Fsp3) is 0.273. The van der Waals surface area contributed by atoms with Crippen LogP contribution in [0.2, 0.25) is 0 Å². The number of hydrogen-bond donors (Lipinski definition) is 0. The molecule has 0 spiro atoms. The molecule has 0 radical (unpaired) electrons. The molecular formula is C22H25NO2S. The molecule has 4 heteroatoms. The highest BCUT2D eigenvalue weighted by Gasteiger charge is 2.30. The fourth-order valence-electron chi connectivity index (χ4n) is 3.23. The van der Waals surface area contributed by atoms with Crippen molar-refractivity contribution in [2.45, 2.75) is 25.4 Å². The van der Waals surface area contributed by atoms with Gasteiger partial charge in [-0.15, -0.1) is 0 Å². The summed E-state index contributed by atoms with van der Waals surface area (Å²) in [6.07, 6.45) is -0.336. The highest BCUT2D eigenvalue weighted by Crippen LogP contribution is 2.31. The molecule has 3 aromatic rings. The average Bonchev–Trinajstić information content (AvgIpc) is 3.21. The minimum atomic E-state index is -0.336. The first-order valence-electron chi connectivity index (χ1n) is 8.71. The van der Waals surface area contributed by atoms with E-state index < -0.39 is 0 Å². The molecule has 0 bridgehead atoms. The molecule has 1 unspecified atom stereocenters. The van der Waals surface area contributed by atoms with Gasteiger partial charge in [0, 0.05) is 27.3 Å². The molecule has 2 aromatic carbocycles. The quantitative estimate of drug-likeness (QED) is 0.491. The molecule has 0 aliphatic carbocycles. The monoisotopic (exact) mass is 367 g/mol. The molecule has 0 fully saturated rings. The number of hydrogen-bond acceptors (Lipinski definition) is 4. The Morgan fingerprint density at radius 1 is 0.808 bits per heavy atom. The lowest BCUT2D eigenvalue weighted by molar-refractivity contribution is -0.152. The van der Waals surface area contributed by atoms with Gasteiger partial charge in [-0.2, -0.15) is 11.3 Å². The lowest BCUT2D eigenvalue weighted by atomic mass is 10.0. The summed E-state index contributed by atoms with van der Waals surface area (Å²) in [5.41, 5.74) is 3.76. The zero-order chi connectivity index (χ0) is 18.2. The normalized spacial score (nSPS) is 12.6. The summed E-state index contributed by atoms with van der Waals surface area (Å²) in [5, 5.41) is 4.28. The molecule has 0 aliphatic heterocycles. The smallest absolute Gasteiger partial charge is 0.176 e. The summed E-state index contributed by atoms with van der Waals surface area (Å²) in [7, 11) is 3.41. The van der Waals surface area contributed by atoms with Crippen LogP contribution in [0.25, 0.3) is 0 Å². The van der Waals surface area contributed by atoms with Crippen LogP contribution in [0, 0.1) is 0 Å². The predicted molar refractivity (Wildman–Crippen MR) is 107 cm³/mol. The van der Waals surface area contributed by atoms with Crippen LogP contribution < -0.4 is 0 Å². The predicted octanol–water partition coefficient (Wildman–Crippen LogP) is 5.11. The standard InChI is InChI=1S/C22H25NO2S/c1-24-22(25-2)21(20-13-14-26-17-20)23(15-18-9-5-3-6-10-18)16-19-11-7-4-8-12-19/h3-14,17,21-22H,15-16H2,1-2H3. The van der Waals surface area contributed by atoms with E-state index in [4.69, 9.17) is 9.47 Å². The molecule has 1 atom stereocenters. The Hall–Kier alpha value is -1.98. The van der Waals surface area contributed by atoms with E-state index >= 15 is 0 Å². The second-order valence-electron chi connectivity index (χ2n) is 6.22. The fourth-order valence-corrected chi connectivity index (χ4v) is 3.92. The number of nitrogens with zero attached hydrogens (tertiary/aromatic N) is 1. The van der Waals surface area contributed by atoms with E-state index in [1.807, 2.05) is 0 Å². The van der Waals surface area contributed by atoms with Crippen molar-refractivity contribution in [1.82, 2.24) is 4.90 Å². The number of ether oxygens (including phenoxy) is 2. The molecular weight excluding hydrogens is 342 g/mol. The first kappa shape index (κ1) is 18.8. The van der Waals surface area contributed by atoms with Crippen molar-refractivity contribution in [2.24, 2.45) is 0 Å². The molecule has 26 heavy (non-hydrogen) atoms. The Bertz CT molecular complexity index is 701. The molecule has 1 aromatic heterocycles. The van der Waals surface area contributed by atoms with Crippen molar-refractivity contribution in [1.29, 1.82) is 0 Å². The van der Waals surface area contributed by atoms with Gasteiger partial charge in [0.2, 0.25) is 0 Å². The molecule has 0 saturated carbocycles. The largest absolute Gasteiger partial charge is 0.354 e. The third-order valence-electron chi connectivity index (χ3n) is 4.46. The van der Waals surface area contributed by atoms with Crippen LogP contribution in [-0.4, -0.2) is 25.4 Å². The number of methoxy groups -OCH3 is 2. The van der Waals surface area contributed by atoms with Gasteiger partial charge in [-0.1, -0.05) is 60.7 Å². The van der Waals surface area contributed by atoms with Crippen LogP contribution in [0.4, 0.5) is 0 Å². The van der Waals surface area contributed by atoms with E-state index in [9.17, 15) is 0 Å². The highest BCUT2D eigenvalue weighted by atomic mass is 32.1. The van der Waals surface area contributed by atoms with E-state index in [1.54, 1.807) is 25.6 Å². The Morgan fingerprint density at radius 3 is 1.77 bits per heavy atom. The van der Waals surface area contributed by atoms with Crippen molar-refractivity contribution < 1.29 is 9.47 Å². The molecule has 0 amide bonds. The van der Waals surface area contributed by atoms with Gasteiger partial charge >= 0.3 is 0 Å². The Balaban J connectivity index is 1.95. The van der Waals surface area contributed by atoms with Crippen LogP contribution in [0.5, 0.6) is 0 Å². The van der Waals surface area contributed by atoms with Crippen LogP contribution in [0.15, 0.2) is 77.5 Å². The van der Waals surface area contributed by atoms with Gasteiger partial charge in [0.15, 0.2) is 6.29 Å². The maximum absolute atomic E-state index is 5.68. The van der Waals surface area contributed by atoms with E-state index in [0.29, 0.717) is 0 Å². The molecule has 0 aliphatic rings. The van der Waals surface area contributed by atoms with E-state index in [0.717, 1.165) is 13.1 Å². The highest BCUT2D eigenvalue weighted by molar-refractivity contribution is 7.07. The summed E-state index contributed by atoms with van der Waals surface area (Å²) in [6.45, 7) is 1.64. The Labute approximate surface area is 159 Å². The number of benzene rings is 2. The number of rotatable bonds is 9. The van der Waals surface area contributed by atoms with Crippen LogP contribution >= 0.6 is 11.3 Å². The topological polar surface area (TPSA) is 21.7 Å². The first-order valence-corrected chi connectivity index (χ1v) is 9.65. The van der Waals surface area contributed by atoms with Crippen molar-refractivity contribution >= 4 is 11.3 Å². The number of thiophene rings is 1. The maximum Gasteiger partial charge on any atom is 0.176 e. The minimum absolute atomic E-state index is 0.0108. The van der Waals surface area contributed by atoms with Gasteiger partial charge in [0.25, 0.3) is 0 Å². The van der Waals surface area contributed by atoms with E-state index in [1.165, 1.54) is 16.7 Å². The Kier molecular flexibility index (Phi) is 6.97. The zero-order valence-corrected chi connectivity index (χ0v) is 16.1. The SMILES string of the molecule is COC(OC)C(c1ccsc1)N(Cc1ccccc1)Cc1ccccc1. The first-order chi connectivity index (χ1) is 12.8. The molecule has 136 valence electrons. The summed E-state index contributed by atoms with van der Waals surface area (Å²) in [6, 6.07) is 23.3. The Morgan fingerprint density at radius 2 is 1.35 bits per heavy atom. The van der Waals surface area contributed by atoms with Gasteiger partial charge < -0.3 is 9.47 Å². The third kappa shape index (κ3) is 4.80. The summed E-state index contributed by atoms with van der Waals surface area (Å²) >= 11 is 1.70. The van der Waals surface area contributed by atoms with Gasteiger partial charge in [-0.05, 0) is 33.5 Å². The van der Waals surface area contributed by atoms with Gasteiger partial charge in [-0.25, -0.2) is 0 Å². The molecule has 0 saturated heterocycles. The van der Waals surface area contributed by atoms with Crippen LogP contribution in [0.1, 0.15) is 22.7 Å². The lowest BCUT2D eigenvalue weighted by Gasteiger charge is -2.35. The summed E-state index contributed by atoms with van der Waals surface area (Å²) in [4.78, 5) is 2.42. The van der Waals surface area contributed by atoms with E-state index in [2.05, 4.69) is 82.4 Å². The summed E-state index contributed by atoms with van der Waals surface area (Å²) < 4.78 is 11.4. The minimum Gasteiger partial charge on any atom is -0.354 e. The summed E-state index contributed by atoms with van der Waals surface area (Å²) in [5.74, 6) is 0. The zero-order valence-electron chi connectivity index (χ0n) is 15.2. The van der Waals surface area contributed by atoms with Gasteiger partial charge in [-0.3, -0.25) is 4.90 Å². The molecule has 3 rings (SSSR count). The second-order valence-corrected chi connectivity index (χ2v) is 7.00. The van der Waals surface area contributed by atoms with Gasteiger partial charge in [0.1, 0.15) is 0 Å². The van der Waals surface area contributed by atoms with Crippen LogP contribution in [0.3, 0.4) is 0 Å².